The summed E-state index contributed by atoms with van der Waals surface area (Å²) in [6.45, 7) is 2.28. The summed E-state index contributed by atoms with van der Waals surface area (Å²) in [6.07, 6.45) is 2.26. The Balaban J connectivity index is 2.64. The average molecular weight is 286 g/mol. The normalized spacial score (nSPS) is 13.7. The number of hydrogen-bond acceptors (Lipinski definition) is 3. The van der Waals surface area contributed by atoms with Gasteiger partial charge in [0, 0.05) is 35.9 Å². The molecular formula is C13H19FN2O2S. The molecule has 2 unspecified atom stereocenters. The van der Waals surface area contributed by atoms with Crippen molar-refractivity contribution in [2.45, 2.75) is 18.6 Å². The minimum atomic E-state index is -0.903. The van der Waals surface area contributed by atoms with E-state index in [1.54, 1.807) is 19.4 Å². The molecule has 19 heavy (non-hydrogen) atoms. The molecule has 1 aromatic rings. The third kappa shape index (κ3) is 4.31. The highest BCUT2D eigenvalue weighted by Gasteiger charge is 2.14. The Morgan fingerprint density at radius 3 is 2.74 bits per heavy atom. The van der Waals surface area contributed by atoms with Crippen molar-refractivity contribution < 1.29 is 13.4 Å². The minimum absolute atomic E-state index is 0.0246. The van der Waals surface area contributed by atoms with Gasteiger partial charge in [-0.1, -0.05) is 13.0 Å². The van der Waals surface area contributed by atoms with Crippen molar-refractivity contribution in [1.82, 2.24) is 5.32 Å². The smallest absolute Gasteiger partial charge is 0.253 e. The second-order valence-corrected chi connectivity index (χ2v) is 6.07. The third-order valence-electron chi connectivity index (χ3n) is 2.91. The van der Waals surface area contributed by atoms with Gasteiger partial charge in [-0.05, 0) is 18.6 Å². The summed E-state index contributed by atoms with van der Waals surface area (Å²) in [7, 11) is 0.664. The molecule has 0 aliphatic carbocycles. The zero-order chi connectivity index (χ0) is 14.4. The number of hydrogen-bond donors (Lipinski definition) is 2. The maximum atomic E-state index is 13.5. The fourth-order valence-electron chi connectivity index (χ4n) is 1.62. The van der Waals surface area contributed by atoms with Crippen LogP contribution in [-0.2, 0) is 10.8 Å². The van der Waals surface area contributed by atoms with Crippen molar-refractivity contribution in [2.24, 2.45) is 0 Å². The molecule has 4 nitrogen and oxygen atoms in total. The Morgan fingerprint density at radius 1 is 1.47 bits per heavy atom. The molecule has 6 heteroatoms. The fourth-order valence-corrected chi connectivity index (χ4v) is 2.07. The van der Waals surface area contributed by atoms with E-state index in [1.165, 1.54) is 12.1 Å². The van der Waals surface area contributed by atoms with Gasteiger partial charge in [-0.15, -0.1) is 0 Å². The maximum Gasteiger partial charge on any atom is 0.253 e. The topological polar surface area (TPSA) is 58.2 Å². The number of benzene rings is 1. The van der Waals surface area contributed by atoms with Crippen LogP contribution in [0.2, 0.25) is 0 Å². The first-order chi connectivity index (χ1) is 8.97. The van der Waals surface area contributed by atoms with Crippen LogP contribution in [-0.4, -0.2) is 35.2 Å². The molecule has 2 atom stereocenters. The van der Waals surface area contributed by atoms with E-state index in [0.29, 0.717) is 13.0 Å². The van der Waals surface area contributed by atoms with E-state index in [4.69, 9.17) is 0 Å². The molecule has 0 spiro atoms. The van der Waals surface area contributed by atoms with Gasteiger partial charge in [0.15, 0.2) is 0 Å². The lowest BCUT2D eigenvalue weighted by molar-refractivity contribution is 0.0953. The van der Waals surface area contributed by atoms with E-state index in [9.17, 15) is 13.4 Å². The highest BCUT2D eigenvalue weighted by molar-refractivity contribution is 7.84. The van der Waals surface area contributed by atoms with Crippen molar-refractivity contribution >= 4 is 22.4 Å². The molecule has 0 saturated heterocycles. The van der Waals surface area contributed by atoms with Crippen LogP contribution in [0.5, 0.6) is 0 Å². The molecule has 1 rings (SSSR count). The molecule has 106 valence electrons. The van der Waals surface area contributed by atoms with Gasteiger partial charge in [-0.2, -0.15) is 0 Å². The average Bonchev–Trinajstić information content (AvgIpc) is 2.37. The van der Waals surface area contributed by atoms with E-state index in [-0.39, 0.29) is 22.4 Å². The summed E-state index contributed by atoms with van der Waals surface area (Å²) in [6, 6.07) is 4.35. The van der Waals surface area contributed by atoms with E-state index in [2.05, 4.69) is 10.6 Å². The molecular weight excluding hydrogens is 267 g/mol. The summed E-state index contributed by atoms with van der Waals surface area (Å²) in [5.74, 6) is -0.795. The maximum absolute atomic E-state index is 13.5. The second-order valence-electron chi connectivity index (χ2n) is 4.27. The predicted octanol–water partition coefficient (Wildman–Crippen LogP) is 1.75. The highest BCUT2D eigenvalue weighted by atomic mass is 32.2. The number of rotatable bonds is 6. The van der Waals surface area contributed by atoms with Gasteiger partial charge in [0.25, 0.3) is 5.91 Å². The molecule has 0 aliphatic rings. The van der Waals surface area contributed by atoms with Crippen LogP contribution in [0.25, 0.3) is 0 Å². The number of halogens is 1. The Bertz CT molecular complexity index is 480. The van der Waals surface area contributed by atoms with Gasteiger partial charge in [0.1, 0.15) is 5.82 Å². The lowest BCUT2D eigenvalue weighted by atomic mass is 10.1. The van der Waals surface area contributed by atoms with Crippen LogP contribution in [0.15, 0.2) is 18.2 Å². The zero-order valence-corrected chi connectivity index (χ0v) is 12.1. The minimum Gasteiger partial charge on any atom is -0.385 e. The molecule has 0 aliphatic heterocycles. The van der Waals surface area contributed by atoms with Crippen LogP contribution in [0, 0.1) is 5.82 Å². The number of anilines is 1. The van der Waals surface area contributed by atoms with E-state index in [0.717, 1.165) is 0 Å². The summed E-state index contributed by atoms with van der Waals surface area (Å²) in [5, 5.41) is 5.41. The standard InChI is InChI=1S/C13H19FN2O2S/c1-9(19(3)18)7-8-16-13(17)10-5-4-6-11(14)12(10)15-2/h4-6,9,15H,7-8H2,1-3H3,(H,16,17). The number of nitrogens with one attached hydrogen (secondary N) is 2. The fraction of sp³-hybridized carbons (Fsp3) is 0.462. The van der Waals surface area contributed by atoms with Gasteiger partial charge in [-0.25, -0.2) is 4.39 Å². The Labute approximate surface area is 115 Å². The largest absolute Gasteiger partial charge is 0.385 e. The first-order valence-electron chi connectivity index (χ1n) is 6.04. The van der Waals surface area contributed by atoms with Crippen LogP contribution in [0.4, 0.5) is 10.1 Å². The molecule has 0 bridgehead atoms. The summed E-state index contributed by atoms with van der Waals surface area (Å²) in [4.78, 5) is 11.9. The van der Waals surface area contributed by atoms with Crippen molar-refractivity contribution in [1.29, 1.82) is 0 Å². The molecule has 0 heterocycles. The van der Waals surface area contributed by atoms with Crippen LogP contribution in [0.3, 0.4) is 0 Å². The van der Waals surface area contributed by atoms with Gasteiger partial charge in [0.05, 0.1) is 11.3 Å². The summed E-state index contributed by atoms with van der Waals surface area (Å²) in [5.41, 5.74) is 0.458. The molecule has 0 radical (unpaired) electrons. The van der Waals surface area contributed by atoms with Gasteiger partial charge in [0.2, 0.25) is 0 Å². The summed E-state index contributed by atoms with van der Waals surface area (Å²) < 4.78 is 24.7. The number of carbonyl (C=O) groups excluding carboxylic acids is 1. The summed E-state index contributed by atoms with van der Waals surface area (Å²) >= 11 is 0. The molecule has 0 fully saturated rings. The lowest BCUT2D eigenvalue weighted by Gasteiger charge is -2.12. The van der Waals surface area contributed by atoms with Crippen LogP contribution < -0.4 is 10.6 Å². The van der Waals surface area contributed by atoms with Gasteiger partial charge in [-0.3, -0.25) is 9.00 Å². The lowest BCUT2D eigenvalue weighted by Crippen LogP contribution is -2.28. The molecule has 1 amide bonds. The van der Waals surface area contributed by atoms with Crippen LogP contribution in [0.1, 0.15) is 23.7 Å². The number of amides is 1. The molecule has 0 aromatic heterocycles. The number of para-hydroxylation sites is 1. The monoisotopic (exact) mass is 286 g/mol. The molecule has 2 N–H and O–H groups in total. The van der Waals surface area contributed by atoms with Gasteiger partial charge < -0.3 is 10.6 Å². The third-order valence-corrected chi connectivity index (χ3v) is 4.28. The van der Waals surface area contributed by atoms with E-state index < -0.39 is 16.6 Å². The Kier molecular flexibility index (Phi) is 5.95. The predicted molar refractivity (Wildman–Crippen MR) is 76.4 cm³/mol. The Morgan fingerprint density at radius 2 is 2.16 bits per heavy atom. The first kappa shape index (κ1) is 15.6. The highest BCUT2D eigenvalue weighted by Crippen LogP contribution is 2.18. The Hall–Kier alpha value is -1.43. The second kappa shape index (κ2) is 7.23. The number of carbonyl (C=O) groups is 1. The van der Waals surface area contributed by atoms with Crippen molar-refractivity contribution in [2.75, 3.05) is 25.2 Å². The quantitative estimate of drug-likeness (QED) is 0.837. The van der Waals surface area contributed by atoms with Gasteiger partial charge >= 0.3 is 0 Å². The molecule has 1 aromatic carbocycles. The van der Waals surface area contributed by atoms with Crippen molar-refractivity contribution in [3.8, 4) is 0 Å². The van der Waals surface area contributed by atoms with Crippen molar-refractivity contribution in [3.63, 3.8) is 0 Å². The first-order valence-corrected chi connectivity index (χ1v) is 7.66. The van der Waals surface area contributed by atoms with E-state index in [1.807, 2.05) is 6.92 Å². The van der Waals surface area contributed by atoms with E-state index >= 15 is 0 Å². The molecule has 0 saturated carbocycles. The zero-order valence-electron chi connectivity index (χ0n) is 11.3. The SMILES string of the molecule is CNc1c(F)cccc1C(=O)NCCC(C)S(C)=O. The van der Waals surface area contributed by atoms with Crippen molar-refractivity contribution in [3.05, 3.63) is 29.6 Å². The van der Waals surface area contributed by atoms with Crippen LogP contribution >= 0.6 is 0 Å².